The summed E-state index contributed by atoms with van der Waals surface area (Å²) in [5, 5.41) is 7.73. The fourth-order valence-corrected chi connectivity index (χ4v) is 5.41. The van der Waals surface area contributed by atoms with Crippen LogP contribution in [0.3, 0.4) is 0 Å². The normalized spacial score (nSPS) is 19.9. The zero-order valence-corrected chi connectivity index (χ0v) is 19.3. The second-order valence-corrected chi connectivity index (χ2v) is 9.54. The molecule has 4 heterocycles. The smallest absolute Gasteiger partial charge is 0.262 e. The molecule has 4 aromatic rings. The first-order valence-corrected chi connectivity index (χ1v) is 12.1. The maximum absolute atomic E-state index is 12.9. The molecular formula is C26H26N6O3. The molecule has 1 aromatic carbocycles. The summed E-state index contributed by atoms with van der Waals surface area (Å²) < 4.78 is 3.03. The van der Waals surface area contributed by atoms with Crippen molar-refractivity contribution in [2.75, 3.05) is 6.54 Å². The highest BCUT2D eigenvalue weighted by molar-refractivity contribution is 5.98. The molecular weight excluding hydrogens is 444 g/mol. The molecule has 0 unspecified atom stereocenters. The third kappa shape index (κ3) is 3.96. The van der Waals surface area contributed by atoms with Crippen LogP contribution in [0.15, 0.2) is 59.8 Å². The van der Waals surface area contributed by atoms with E-state index in [0.717, 1.165) is 43.4 Å². The van der Waals surface area contributed by atoms with Gasteiger partial charge in [-0.1, -0.05) is 18.2 Å². The lowest BCUT2D eigenvalue weighted by atomic mass is 9.85. The Hall–Kier alpha value is -4.01. The number of amides is 2. The van der Waals surface area contributed by atoms with Gasteiger partial charge in [0.2, 0.25) is 5.91 Å². The summed E-state index contributed by atoms with van der Waals surface area (Å²) in [5.41, 5.74) is 3.00. The molecule has 1 N–H and O–H groups in total. The second kappa shape index (κ2) is 8.65. The van der Waals surface area contributed by atoms with Crippen LogP contribution in [0, 0.1) is 5.92 Å². The maximum atomic E-state index is 12.9. The fraction of sp³-hybridized carbons (Fsp3) is 0.346. The molecule has 178 valence electrons. The van der Waals surface area contributed by atoms with Crippen LogP contribution < -0.4 is 10.9 Å². The Morgan fingerprint density at radius 1 is 1.06 bits per heavy atom. The molecule has 0 radical (unpaired) electrons. The van der Waals surface area contributed by atoms with Crippen molar-refractivity contribution in [2.45, 2.75) is 44.8 Å². The molecule has 0 bridgehead atoms. The topological polar surface area (TPSA) is 102 Å². The van der Waals surface area contributed by atoms with E-state index in [1.54, 1.807) is 29.0 Å². The van der Waals surface area contributed by atoms with Crippen molar-refractivity contribution >= 4 is 28.4 Å². The van der Waals surface area contributed by atoms with Crippen LogP contribution in [0.4, 0.5) is 0 Å². The van der Waals surface area contributed by atoms with Gasteiger partial charge >= 0.3 is 0 Å². The predicted octanol–water partition coefficient (Wildman–Crippen LogP) is 2.38. The number of benzene rings is 1. The van der Waals surface area contributed by atoms with E-state index in [-0.39, 0.29) is 30.0 Å². The molecule has 0 spiro atoms. The van der Waals surface area contributed by atoms with Crippen molar-refractivity contribution in [3.05, 3.63) is 76.5 Å². The molecule has 1 fully saturated rings. The lowest BCUT2D eigenvalue weighted by Crippen LogP contribution is -2.42. The van der Waals surface area contributed by atoms with Gasteiger partial charge in [-0.05, 0) is 49.3 Å². The standard InChI is InChI=1S/C26H26N6O3/c33-24(16-30-12-10-22-21(26(30)35)13-27-23-9-11-28-32(22)23)29-19-7-5-17(6-8-19)14-31-15-18-3-1-2-4-20(18)25(31)34/h1-4,9-13,17,19H,5-8,14-16H2,(H,29,33). The lowest BCUT2D eigenvalue weighted by molar-refractivity contribution is -0.122. The zero-order valence-electron chi connectivity index (χ0n) is 19.3. The van der Waals surface area contributed by atoms with Crippen molar-refractivity contribution in [1.82, 2.24) is 29.4 Å². The minimum atomic E-state index is -0.262. The number of hydrogen-bond donors (Lipinski definition) is 1. The first-order valence-electron chi connectivity index (χ1n) is 12.1. The minimum absolute atomic E-state index is 0.0353. The molecule has 6 rings (SSSR count). The van der Waals surface area contributed by atoms with Gasteiger partial charge in [-0.25, -0.2) is 9.50 Å². The number of rotatable bonds is 5. The summed E-state index contributed by atoms with van der Waals surface area (Å²) in [6, 6.07) is 11.5. The van der Waals surface area contributed by atoms with Gasteiger partial charge in [-0.3, -0.25) is 14.4 Å². The Labute approximate surface area is 201 Å². The predicted molar refractivity (Wildman–Crippen MR) is 130 cm³/mol. The molecule has 2 aliphatic rings. The summed E-state index contributed by atoms with van der Waals surface area (Å²) in [4.78, 5) is 44.5. The summed E-state index contributed by atoms with van der Waals surface area (Å²) in [6.07, 6.45) is 8.48. The fourth-order valence-electron chi connectivity index (χ4n) is 5.41. The summed E-state index contributed by atoms with van der Waals surface area (Å²) in [5.74, 6) is 0.393. The van der Waals surface area contributed by atoms with Gasteiger partial charge in [0.05, 0.1) is 17.1 Å². The highest BCUT2D eigenvalue weighted by Crippen LogP contribution is 2.29. The van der Waals surface area contributed by atoms with E-state index in [1.807, 2.05) is 29.2 Å². The van der Waals surface area contributed by atoms with Crippen molar-refractivity contribution in [3.63, 3.8) is 0 Å². The van der Waals surface area contributed by atoms with Gasteiger partial charge in [-0.2, -0.15) is 5.10 Å². The summed E-state index contributed by atoms with van der Waals surface area (Å²) in [6.45, 7) is 1.41. The first-order chi connectivity index (χ1) is 17.1. The number of pyridine rings is 1. The van der Waals surface area contributed by atoms with E-state index in [0.29, 0.717) is 29.0 Å². The molecule has 2 amide bonds. The van der Waals surface area contributed by atoms with E-state index in [2.05, 4.69) is 15.4 Å². The van der Waals surface area contributed by atoms with E-state index in [1.165, 1.54) is 10.8 Å². The number of nitrogens with zero attached hydrogens (tertiary/aromatic N) is 5. The van der Waals surface area contributed by atoms with Gasteiger partial charge in [0.15, 0.2) is 5.65 Å². The maximum Gasteiger partial charge on any atom is 0.262 e. The third-order valence-electron chi connectivity index (χ3n) is 7.26. The third-order valence-corrected chi connectivity index (χ3v) is 7.26. The number of hydrogen-bond acceptors (Lipinski definition) is 5. The van der Waals surface area contributed by atoms with E-state index >= 15 is 0 Å². The molecule has 0 atom stereocenters. The largest absolute Gasteiger partial charge is 0.352 e. The Bertz CT molecular complexity index is 1500. The second-order valence-electron chi connectivity index (χ2n) is 9.54. The van der Waals surface area contributed by atoms with Gasteiger partial charge in [0, 0.05) is 43.2 Å². The summed E-state index contributed by atoms with van der Waals surface area (Å²) in [7, 11) is 0. The first kappa shape index (κ1) is 21.5. The molecule has 9 nitrogen and oxygen atoms in total. The Balaban J connectivity index is 1.04. The van der Waals surface area contributed by atoms with Crippen LogP contribution in [0.2, 0.25) is 0 Å². The lowest BCUT2D eigenvalue weighted by Gasteiger charge is -2.31. The van der Waals surface area contributed by atoms with Gasteiger partial charge in [0.1, 0.15) is 6.54 Å². The number of carbonyl (C=O) groups excluding carboxylic acids is 2. The molecule has 1 aliphatic heterocycles. The van der Waals surface area contributed by atoms with Crippen LogP contribution >= 0.6 is 0 Å². The average Bonchev–Trinajstić information content (AvgIpc) is 3.47. The summed E-state index contributed by atoms with van der Waals surface area (Å²) >= 11 is 0. The zero-order chi connectivity index (χ0) is 23.9. The molecule has 1 saturated carbocycles. The number of aromatic nitrogens is 4. The van der Waals surface area contributed by atoms with Crippen LogP contribution in [-0.2, 0) is 17.9 Å². The Morgan fingerprint density at radius 2 is 1.89 bits per heavy atom. The van der Waals surface area contributed by atoms with Crippen LogP contribution in [0.1, 0.15) is 41.6 Å². The SMILES string of the molecule is O=C(Cn1ccc2c(cnc3ccnn32)c1=O)NC1CCC(CN2Cc3ccccc3C2=O)CC1. The van der Waals surface area contributed by atoms with Gasteiger partial charge in [0.25, 0.3) is 11.5 Å². The van der Waals surface area contributed by atoms with Gasteiger partial charge in [-0.15, -0.1) is 0 Å². The average molecular weight is 471 g/mol. The van der Waals surface area contributed by atoms with Crippen molar-refractivity contribution in [2.24, 2.45) is 5.92 Å². The number of carbonyl (C=O) groups is 2. The number of nitrogens with one attached hydrogen (secondary N) is 1. The van der Waals surface area contributed by atoms with Crippen LogP contribution in [0.5, 0.6) is 0 Å². The van der Waals surface area contributed by atoms with E-state index in [4.69, 9.17) is 0 Å². The van der Waals surface area contributed by atoms with Gasteiger partial charge < -0.3 is 14.8 Å². The van der Waals surface area contributed by atoms with Crippen molar-refractivity contribution in [3.8, 4) is 0 Å². The van der Waals surface area contributed by atoms with Crippen molar-refractivity contribution in [1.29, 1.82) is 0 Å². The van der Waals surface area contributed by atoms with Crippen molar-refractivity contribution < 1.29 is 9.59 Å². The van der Waals surface area contributed by atoms with E-state index in [9.17, 15) is 14.4 Å². The van der Waals surface area contributed by atoms with Crippen LogP contribution in [0.25, 0.3) is 16.6 Å². The highest BCUT2D eigenvalue weighted by Gasteiger charge is 2.30. The minimum Gasteiger partial charge on any atom is -0.352 e. The Morgan fingerprint density at radius 3 is 2.71 bits per heavy atom. The molecule has 9 heteroatoms. The highest BCUT2D eigenvalue weighted by atomic mass is 16.2. The molecule has 1 aliphatic carbocycles. The molecule has 35 heavy (non-hydrogen) atoms. The number of fused-ring (bicyclic) bond motifs is 4. The van der Waals surface area contributed by atoms with E-state index < -0.39 is 0 Å². The van der Waals surface area contributed by atoms with Crippen LogP contribution in [-0.4, -0.2) is 48.5 Å². The molecule has 3 aromatic heterocycles. The Kier molecular flexibility index (Phi) is 5.32. The molecule has 0 saturated heterocycles. The monoisotopic (exact) mass is 470 g/mol. The quantitative estimate of drug-likeness (QED) is 0.483.